The summed E-state index contributed by atoms with van der Waals surface area (Å²) in [6.07, 6.45) is 0. The lowest BCUT2D eigenvalue weighted by Crippen LogP contribution is -2.45. The Balaban J connectivity index is 2.34. The van der Waals surface area contributed by atoms with E-state index < -0.39 is 0 Å². The molecule has 0 aliphatic carbocycles. The number of thiocarbonyl (C=S) groups is 1. The van der Waals surface area contributed by atoms with Gasteiger partial charge in [-0.1, -0.05) is 12.1 Å². The first-order valence-corrected chi connectivity index (χ1v) is 7.65. The average molecular weight is 320 g/mol. The van der Waals surface area contributed by atoms with E-state index in [1.807, 2.05) is 38.1 Å². The van der Waals surface area contributed by atoms with E-state index in [9.17, 15) is 4.79 Å². The summed E-state index contributed by atoms with van der Waals surface area (Å²) in [6, 6.07) is 7.27. The van der Waals surface area contributed by atoms with Gasteiger partial charge in [0, 0.05) is 5.70 Å². The number of allylic oxidation sites excluding steroid dienone is 1. The third kappa shape index (κ3) is 3.57. The van der Waals surface area contributed by atoms with E-state index in [0.717, 1.165) is 11.3 Å². The molecule has 1 unspecified atom stereocenters. The molecule has 0 aromatic heterocycles. The van der Waals surface area contributed by atoms with Crippen molar-refractivity contribution in [2.45, 2.75) is 26.8 Å². The molecule has 1 aromatic rings. The standard InChI is InChI=1S/C16H20N2O3S/c1-4-20-12-8-6-11(7-9-12)14-13(15(19)21-5-2)10(3)17-16(22)18-14/h6-9,14H,4-5H2,1-3H3,(H2,17,18,22). The van der Waals surface area contributed by atoms with Crippen molar-refractivity contribution in [1.29, 1.82) is 0 Å². The van der Waals surface area contributed by atoms with Gasteiger partial charge in [-0.05, 0) is 50.7 Å². The quantitative estimate of drug-likeness (QED) is 0.642. The highest BCUT2D eigenvalue weighted by Gasteiger charge is 2.30. The van der Waals surface area contributed by atoms with Gasteiger partial charge in [-0.15, -0.1) is 0 Å². The highest BCUT2D eigenvalue weighted by molar-refractivity contribution is 7.80. The van der Waals surface area contributed by atoms with Gasteiger partial charge < -0.3 is 20.1 Å². The summed E-state index contributed by atoms with van der Waals surface area (Å²) >= 11 is 5.20. The van der Waals surface area contributed by atoms with Gasteiger partial charge in [0.05, 0.1) is 24.8 Å². The minimum absolute atomic E-state index is 0.329. The van der Waals surface area contributed by atoms with Gasteiger partial charge in [0.15, 0.2) is 5.11 Å². The van der Waals surface area contributed by atoms with Crippen molar-refractivity contribution in [2.24, 2.45) is 0 Å². The SMILES string of the molecule is CCOC(=O)C1=C(C)NC(=S)NC1c1ccc(OCC)cc1. The lowest BCUT2D eigenvalue weighted by Gasteiger charge is -2.29. The number of nitrogens with one attached hydrogen (secondary N) is 2. The van der Waals surface area contributed by atoms with Crippen LogP contribution >= 0.6 is 12.2 Å². The summed E-state index contributed by atoms with van der Waals surface area (Å²) in [5, 5.41) is 6.59. The van der Waals surface area contributed by atoms with Crippen LogP contribution in [-0.2, 0) is 9.53 Å². The molecule has 0 bridgehead atoms. The summed E-state index contributed by atoms with van der Waals surface area (Å²) in [5.41, 5.74) is 2.18. The van der Waals surface area contributed by atoms with Gasteiger partial charge in [-0.3, -0.25) is 0 Å². The predicted molar refractivity (Wildman–Crippen MR) is 88.6 cm³/mol. The second-order valence-electron chi connectivity index (χ2n) is 4.79. The molecule has 22 heavy (non-hydrogen) atoms. The van der Waals surface area contributed by atoms with Crippen LogP contribution in [-0.4, -0.2) is 24.3 Å². The topological polar surface area (TPSA) is 59.6 Å². The van der Waals surface area contributed by atoms with Gasteiger partial charge in [0.25, 0.3) is 0 Å². The van der Waals surface area contributed by atoms with Crippen LogP contribution in [0.5, 0.6) is 5.75 Å². The molecule has 118 valence electrons. The van der Waals surface area contributed by atoms with Crippen molar-refractivity contribution in [3.05, 3.63) is 41.1 Å². The smallest absolute Gasteiger partial charge is 0.338 e. The molecule has 5 nitrogen and oxygen atoms in total. The highest BCUT2D eigenvalue weighted by atomic mass is 32.1. The fraction of sp³-hybridized carbons (Fsp3) is 0.375. The molecular formula is C16H20N2O3S. The Kier molecular flexibility index (Phi) is 5.38. The molecule has 6 heteroatoms. The average Bonchev–Trinajstić information content (AvgIpc) is 2.47. The zero-order chi connectivity index (χ0) is 16.1. The number of hydrogen-bond donors (Lipinski definition) is 2. The molecule has 0 radical (unpaired) electrons. The maximum atomic E-state index is 12.2. The van der Waals surface area contributed by atoms with Crippen molar-refractivity contribution < 1.29 is 14.3 Å². The summed E-state index contributed by atoms with van der Waals surface area (Å²) in [6.45, 7) is 6.48. The third-order valence-electron chi connectivity index (χ3n) is 3.29. The zero-order valence-corrected chi connectivity index (χ0v) is 13.8. The number of benzene rings is 1. The van der Waals surface area contributed by atoms with Crippen molar-refractivity contribution in [1.82, 2.24) is 10.6 Å². The van der Waals surface area contributed by atoms with Gasteiger partial charge in [0.1, 0.15) is 5.75 Å². The largest absolute Gasteiger partial charge is 0.494 e. The van der Waals surface area contributed by atoms with Crippen LogP contribution in [0, 0.1) is 0 Å². The predicted octanol–water partition coefficient (Wildman–Crippen LogP) is 2.44. The fourth-order valence-corrected chi connectivity index (χ4v) is 2.62. The van der Waals surface area contributed by atoms with Crippen molar-refractivity contribution >= 4 is 23.3 Å². The Bertz CT molecular complexity index is 596. The van der Waals surface area contributed by atoms with Crippen LogP contribution < -0.4 is 15.4 Å². The minimum Gasteiger partial charge on any atom is -0.494 e. The molecule has 1 atom stereocenters. The van der Waals surface area contributed by atoms with Crippen molar-refractivity contribution in [2.75, 3.05) is 13.2 Å². The molecule has 0 saturated carbocycles. The Morgan fingerprint density at radius 3 is 2.50 bits per heavy atom. The number of ether oxygens (including phenoxy) is 2. The molecule has 1 aliphatic rings. The molecule has 1 aliphatic heterocycles. The number of rotatable bonds is 5. The van der Waals surface area contributed by atoms with E-state index in [4.69, 9.17) is 21.7 Å². The first kappa shape index (κ1) is 16.3. The molecular weight excluding hydrogens is 300 g/mol. The van der Waals surface area contributed by atoms with Crippen molar-refractivity contribution in [3.63, 3.8) is 0 Å². The van der Waals surface area contributed by atoms with Gasteiger partial charge in [0.2, 0.25) is 0 Å². The number of hydrogen-bond acceptors (Lipinski definition) is 4. The van der Waals surface area contributed by atoms with Crippen LogP contribution in [0.1, 0.15) is 32.4 Å². The molecule has 1 aromatic carbocycles. The summed E-state index contributed by atoms with van der Waals surface area (Å²) < 4.78 is 10.6. The second-order valence-corrected chi connectivity index (χ2v) is 5.20. The van der Waals surface area contributed by atoms with Gasteiger partial charge >= 0.3 is 5.97 Å². The molecule has 0 fully saturated rings. The molecule has 2 rings (SSSR count). The monoisotopic (exact) mass is 320 g/mol. The van der Waals surface area contributed by atoms with Gasteiger partial charge in [-0.25, -0.2) is 4.79 Å². The van der Waals surface area contributed by atoms with Crippen LogP contribution in [0.4, 0.5) is 0 Å². The fourth-order valence-electron chi connectivity index (χ4n) is 2.35. The lowest BCUT2D eigenvalue weighted by atomic mass is 9.95. The van der Waals surface area contributed by atoms with Gasteiger partial charge in [-0.2, -0.15) is 0 Å². The van der Waals surface area contributed by atoms with E-state index in [2.05, 4.69) is 10.6 Å². The van der Waals surface area contributed by atoms with E-state index in [1.54, 1.807) is 6.92 Å². The van der Waals surface area contributed by atoms with E-state index >= 15 is 0 Å². The minimum atomic E-state index is -0.346. The number of carbonyl (C=O) groups is 1. The molecule has 2 N–H and O–H groups in total. The molecule has 1 heterocycles. The molecule has 0 saturated heterocycles. The summed E-state index contributed by atoms with van der Waals surface area (Å²) in [7, 11) is 0. The van der Waals surface area contributed by atoms with Crippen LogP contribution in [0.25, 0.3) is 0 Å². The zero-order valence-electron chi connectivity index (χ0n) is 12.9. The number of esters is 1. The Hall–Kier alpha value is -2.08. The first-order chi connectivity index (χ1) is 10.6. The molecule has 0 spiro atoms. The normalized spacial score (nSPS) is 17.6. The van der Waals surface area contributed by atoms with Crippen molar-refractivity contribution in [3.8, 4) is 5.75 Å². The third-order valence-corrected chi connectivity index (χ3v) is 3.51. The van der Waals surface area contributed by atoms with Crippen LogP contribution in [0.3, 0.4) is 0 Å². The summed E-state index contributed by atoms with van der Waals surface area (Å²) in [4.78, 5) is 12.2. The number of carbonyl (C=O) groups excluding carboxylic acids is 1. The van der Waals surface area contributed by atoms with E-state index in [-0.39, 0.29) is 12.0 Å². The van der Waals surface area contributed by atoms with Crippen LogP contribution in [0.2, 0.25) is 0 Å². The van der Waals surface area contributed by atoms with Crippen LogP contribution in [0.15, 0.2) is 35.5 Å². The summed E-state index contributed by atoms with van der Waals surface area (Å²) in [5.74, 6) is 0.447. The lowest BCUT2D eigenvalue weighted by molar-refractivity contribution is -0.139. The van der Waals surface area contributed by atoms with E-state index in [0.29, 0.717) is 29.6 Å². The first-order valence-electron chi connectivity index (χ1n) is 7.25. The maximum absolute atomic E-state index is 12.2. The maximum Gasteiger partial charge on any atom is 0.338 e. The Labute approximate surface area is 135 Å². The second kappa shape index (κ2) is 7.26. The Morgan fingerprint density at radius 1 is 1.23 bits per heavy atom. The highest BCUT2D eigenvalue weighted by Crippen LogP contribution is 2.28. The van der Waals surface area contributed by atoms with E-state index in [1.165, 1.54) is 0 Å². The molecule has 0 amide bonds. The Morgan fingerprint density at radius 2 is 1.91 bits per heavy atom.